The molecule has 3 aromatic rings. The summed E-state index contributed by atoms with van der Waals surface area (Å²) in [5.74, 6) is -0.0438. The van der Waals surface area contributed by atoms with Crippen molar-refractivity contribution in [2.24, 2.45) is 0 Å². The molecule has 3 aromatic carbocycles. The molecule has 1 unspecified atom stereocenters. The Morgan fingerprint density at radius 3 is 2.25 bits per heavy atom. The van der Waals surface area contributed by atoms with Gasteiger partial charge in [0.15, 0.2) is 0 Å². The molecule has 1 saturated carbocycles. The lowest BCUT2D eigenvalue weighted by molar-refractivity contribution is -0.140. The lowest BCUT2D eigenvalue weighted by Crippen LogP contribution is -2.54. The van der Waals surface area contributed by atoms with Gasteiger partial charge in [-0.25, -0.2) is 8.42 Å². The van der Waals surface area contributed by atoms with Crippen molar-refractivity contribution in [1.82, 2.24) is 10.2 Å². The van der Waals surface area contributed by atoms with E-state index in [-0.39, 0.29) is 23.4 Å². The first-order chi connectivity index (χ1) is 21.0. The Bertz CT molecular complexity index is 1550. The Morgan fingerprint density at radius 2 is 1.61 bits per heavy atom. The predicted molar refractivity (Wildman–Crippen MR) is 174 cm³/mol. The molecule has 44 heavy (non-hydrogen) atoms. The van der Waals surface area contributed by atoms with Gasteiger partial charge in [0.1, 0.15) is 18.3 Å². The zero-order valence-corrected chi connectivity index (χ0v) is 27.3. The zero-order chi connectivity index (χ0) is 31.9. The van der Waals surface area contributed by atoms with Gasteiger partial charge in [-0.05, 0) is 81.5 Å². The number of carbonyl (C=O) groups excluding carboxylic acids is 2. The Hall–Kier alpha value is -3.85. The monoisotopic (exact) mass is 619 g/mol. The molecule has 4 rings (SSSR count). The number of hydrogen-bond donors (Lipinski definition) is 1. The molecule has 0 aromatic heterocycles. The van der Waals surface area contributed by atoms with Gasteiger partial charge in [-0.1, -0.05) is 73.7 Å². The van der Waals surface area contributed by atoms with Crippen LogP contribution in [0.4, 0.5) is 5.69 Å². The molecule has 0 radical (unpaired) electrons. The van der Waals surface area contributed by atoms with Crippen LogP contribution in [-0.2, 0) is 26.2 Å². The van der Waals surface area contributed by atoms with Gasteiger partial charge < -0.3 is 15.0 Å². The summed E-state index contributed by atoms with van der Waals surface area (Å²) in [6, 6.07) is 18.7. The third-order valence-corrected chi connectivity index (χ3v) is 10.1. The van der Waals surface area contributed by atoms with Gasteiger partial charge in [0.2, 0.25) is 11.8 Å². The number of methoxy groups -OCH3 is 1. The fourth-order valence-electron chi connectivity index (χ4n) is 5.87. The molecule has 1 aliphatic carbocycles. The molecule has 236 valence electrons. The summed E-state index contributed by atoms with van der Waals surface area (Å²) in [5.41, 5.74) is 3.84. The molecule has 0 bridgehead atoms. The zero-order valence-electron chi connectivity index (χ0n) is 26.5. The first kappa shape index (κ1) is 33.1. The van der Waals surface area contributed by atoms with E-state index in [0.717, 1.165) is 54.4 Å². The fourth-order valence-corrected chi connectivity index (χ4v) is 7.35. The quantitative estimate of drug-likeness (QED) is 0.266. The highest BCUT2D eigenvalue weighted by molar-refractivity contribution is 7.92. The minimum absolute atomic E-state index is 0.0766. The van der Waals surface area contributed by atoms with E-state index < -0.39 is 28.5 Å². The minimum Gasteiger partial charge on any atom is -0.497 e. The molecule has 0 spiro atoms. The Morgan fingerprint density at radius 1 is 0.932 bits per heavy atom. The number of rotatable bonds is 12. The number of anilines is 1. The van der Waals surface area contributed by atoms with E-state index in [1.807, 2.05) is 64.1 Å². The van der Waals surface area contributed by atoms with E-state index in [0.29, 0.717) is 17.9 Å². The van der Waals surface area contributed by atoms with E-state index in [1.54, 1.807) is 37.4 Å². The second-order valence-corrected chi connectivity index (χ2v) is 13.6. The highest BCUT2D eigenvalue weighted by Crippen LogP contribution is 2.29. The Balaban J connectivity index is 1.74. The molecule has 0 heterocycles. The van der Waals surface area contributed by atoms with Crippen LogP contribution in [0.15, 0.2) is 71.6 Å². The van der Waals surface area contributed by atoms with E-state index >= 15 is 0 Å². The van der Waals surface area contributed by atoms with Gasteiger partial charge >= 0.3 is 0 Å². The second-order valence-electron chi connectivity index (χ2n) is 11.8. The van der Waals surface area contributed by atoms with Crippen LogP contribution in [-0.4, -0.2) is 50.9 Å². The molecule has 8 nitrogen and oxygen atoms in total. The van der Waals surface area contributed by atoms with Gasteiger partial charge in [-0.15, -0.1) is 0 Å². The number of aryl methyl sites for hydroxylation is 3. The largest absolute Gasteiger partial charge is 0.497 e. The highest BCUT2D eigenvalue weighted by atomic mass is 32.2. The number of carbonyl (C=O) groups is 2. The Labute approximate surface area is 262 Å². The number of hydrogen-bond acceptors (Lipinski definition) is 5. The van der Waals surface area contributed by atoms with E-state index in [9.17, 15) is 18.0 Å². The molecular weight excluding hydrogens is 574 g/mol. The number of ether oxygens (including phenoxy) is 1. The average molecular weight is 620 g/mol. The first-order valence-corrected chi connectivity index (χ1v) is 16.9. The highest BCUT2D eigenvalue weighted by Gasteiger charge is 2.35. The summed E-state index contributed by atoms with van der Waals surface area (Å²) in [6.45, 7) is 7.21. The lowest BCUT2D eigenvalue weighted by atomic mass is 9.95. The SMILES string of the molecule is CCC(C(=O)NC1CCCCC1)N(Cc1cccc(OC)c1)C(=O)CN(c1ccc(C)cc1C)S(=O)(=O)c1ccc(C)cc1. The van der Waals surface area contributed by atoms with Gasteiger partial charge in [-0.2, -0.15) is 0 Å². The van der Waals surface area contributed by atoms with Crippen molar-refractivity contribution in [2.45, 2.75) is 89.7 Å². The standard InChI is InChI=1S/C35H45N3O5S/c1-6-32(35(40)36-29-12-8-7-9-13-29)37(23-28-11-10-14-30(22-28)43-5)34(39)24-38(33-20-17-26(3)21-27(33)4)44(41,42)31-18-15-25(2)16-19-31/h10-11,14-22,29,32H,6-9,12-13,23-24H2,1-5H3,(H,36,40). The summed E-state index contributed by atoms with van der Waals surface area (Å²) in [4.78, 5) is 29.8. The van der Waals surface area contributed by atoms with E-state index in [4.69, 9.17) is 4.74 Å². The van der Waals surface area contributed by atoms with Gasteiger partial charge in [-0.3, -0.25) is 13.9 Å². The van der Waals surface area contributed by atoms with Crippen molar-refractivity contribution >= 4 is 27.5 Å². The van der Waals surface area contributed by atoms with Crippen LogP contribution in [0, 0.1) is 20.8 Å². The molecule has 1 N–H and O–H groups in total. The summed E-state index contributed by atoms with van der Waals surface area (Å²) in [6.07, 6.45) is 5.50. The van der Waals surface area contributed by atoms with Crippen molar-refractivity contribution in [3.8, 4) is 5.75 Å². The maximum absolute atomic E-state index is 14.4. The van der Waals surface area contributed by atoms with Crippen LogP contribution in [0.1, 0.15) is 67.7 Å². The number of amides is 2. The smallest absolute Gasteiger partial charge is 0.264 e. The number of nitrogens with one attached hydrogen (secondary N) is 1. The minimum atomic E-state index is -4.13. The maximum atomic E-state index is 14.4. The number of benzene rings is 3. The van der Waals surface area contributed by atoms with Crippen LogP contribution >= 0.6 is 0 Å². The summed E-state index contributed by atoms with van der Waals surface area (Å²) >= 11 is 0. The third kappa shape index (κ3) is 8.00. The number of sulfonamides is 1. The van der Waals surface area contributed by atoms with Gasteiger partial charge in [0, 0.05) is 12.6 Å². The van der Waals surface area contributed by atoms with Crippen molar-refractivity contribution in [1.29, 1.82) is 0 Å². The molecule has 0 aliphatic heterocycles. The molecule has 0 saturated heterocycles. The van der Waals surface area contributed by atoms with E-state index in [2.05, 4.69) is 5.32 Å². The predicted octanol–water partition coefficient (Wildman–Crippen LogP) is 6.07. The molecule has 9 heteroatoms. The summed E-state index contributed by atoms with van der Waals surface area (Å²) in [7, 11) is -2.55. The van der Waals surface area contributed by atoms with Crippen molar-refractivity contribution in [2.75, 3.05) is 18.0 Å². The maximum Gasteiger partial charge on any atom is 0.264 e. The summed E-state index contributed by atoms with van der Waals surface area (Å²) in [5, 5.41) is 3.19. The summed E-state index contributed by atoms with van der Waals surface area (Å²) < 4.78 is 34.9. The fraction of sp³-hybridized carbons (Fsp3) is 0.429. The van der Waals surface area contributed by atoms with Gasteiger partial charge in [0.25, 0.3) is 10.0 Å². The number of nitrogens with zero attached hydrogens (tertiary/aromatic N) is 2. The lowest BCUT2D eigenvalue weighted by Gasteiger charge is -2.35. The van der Waals surface area contributed by atoms with Crippen molar-refractivity contribution in [3.05, 3.63) is 89.0 Å². The Kier molecular flexibility index (Phi) is 11.1. The molecule has 1 aliphatic rings. The molecular formula is C35H45N3O5S. The topological polar surface area (TPSA) is 96.0 Å². The van der Waals surface area contributed by atoms with Crippen LogP contribution < -0.4 is 14.4 Å². The first-order valence-electron chi connectivity index (χ1n) is 15.4. The van der Waals surface area contributed by atoms with Crippen LogP contribution in [0.25, 0.3) is 0 Å². The van der Waals surface area contributed by atoms with E-state index in [1.165, 1.54) is 9.21 Å². The van der Waals surface area contributed by atoms with Crippen LogP contribution in [0.5, 0.6) is 5.75 Å². The average Bonchev–Trinajstić information content (AvgIpc) is 3.00. The van der Waals surface area contributed by atoms with Gasteiger partial charge in [0.05, 0.1) is 17.7 Å². The normalized spacial score (nSPS) is 14.5. The van der Waals surface area contributed by atoms with Crippen molar-refractivity contribution in [3.63, 3.8) is 0 Å². The van der Waals surface area contributed by atoms with Crippen molar-refractivity contribution < 1.29 is 22.7 Å². The molecule has 1 atom stereocenters. The third-order valence-electron chi connectivity index (χ3n) is 8.33. The van der Waals surface area contributed by atoms with Crippen LogP contribution in [0.3, 0.4) is 0 Å². The van der Waals surface area contributed by atoms with Crippen LogP contribution in [0.2, 0.25) is 0 Å². The molecule has 1 fully saturated rings. The molecule has 2 amide bonds. The second kappa shape index (κ2) is 14.8.